The lowest BCUT2D eigenvalue weighted by Crippen LogP contribution is -2.23. The Hall–Kier alpha value is -4.70. The van der Waals surface area contributed by atoms with E-state index in [9.17, 15) is 36.0 Å². The van der Waals surface area contributed by atoms with Crippen LogP contribution in [-0.2, 0) is 20.0 Å². The Morgan fingerprint density at radius 3 is 1.32 bits per heavy atom. The number of carbonyl (C=O) groups excluding carboxylic acids is 3. The van der Waals surface area contributed by atoms with E-state index in [4.69, 9.17) is 38.6 Å². The fraction of sp³-hybridized carbons (Fsp3) is 0.0323. The van der Waals surface area contributed by atoms with Gasteiger partial charge in [-0.1, -0.05) is 53.5 Å². The molecule has 0 aliphatic rings. The highest BCUT2D eigenvalue weighted by Crippen LogP contribution is 2.24. The molecule has 12 nitrogen and oxygen atoms in total. The minimum absolute atomic E-state index is 0.0397. The second-order valence-corrected chi connectivity index (χ2v) is 13.4. The van der Waals surface area contributed by atoms with Crippen LogP contribution in [0.4, 0.5) is 0 Å². The SMILES string of the molecule is C=CCNC(=O)c1ccc(C(=O)c2ccc(Cl)c(S(N)(=O)=O)c2)cc1.NS(=O)(=O)c1cc(C(=O)c2ccc(C(=O)O)cc2)ccc1Cl. The summed E-state index contributed by atoms with van der Waals surface area (Å²) in [6.07, 6.45) is 1.55. The van der Waals surface area contributed by atoms with Crippen molar-refractivity contribution < 1.29 is 41.1 Å². The Morgan fingerprint density at radius 1 is 0.638 bits per heavy atom. The predicted octanol–water partition coefficient (Wildman–Crippen LogP) is 4.05. The molecule has 0 saturated heterocycles. The third-order valence-corrected chi connectivity index (χ3v) is 9.00. The van der Waals surface area contributed by atoms with Gasteiger partial charge in [-0.2, -0.15) is 0 Å². The molecule has 0 radical (unpaired) electrons. The lowest BCUT2D eigenvalue weighted by molar-refractivity contribution is 0.0696. The molecule has 0 heterocycles. The zero-order valence-corrected chi connectivity index (χ0v) is 27.2. The first-order chi connectivity index (χ1) is 21.9. The lowest BCUT2D eigenvalue weighted by Gasteiger charge is -2.07. The molecule has 0 aromatic heterocycles. The van der Waals surface area contributed by atoms with Crippen molar-refractivity contribution in [3.63, 3.8) is 0 Å². The molecule has 4 aromatic rings. The number of primary sulfonamides is 2. The van der Waals surface area contributed by atoms with Crippen LogP contribution in [0.3, 0.4) is 0 Å². The molecule has 1 amide bonds. The van der Waals surface area contributed by atoms with Crippen LogP contribution in [-0.4, -0.2) is 51.9 Å². The molecule has 0 unspecified atom stereocenters. The average molecular weight is 719 g/mol. The van der Waals surface area contributed by atoms with Crippen molar-refractivity contribution in [2.75, 3.05) is 6.54 Å². The van der Waals surface area contributed by atoms with Gasteiger partial charge in [0.15, 0.2) is 11.6 Å². The molecule has 4 rings (SSSR count). The minimum atomic E-state index is -4.05. The van der Waals surface area contributed by atoms with Gasteiger partial charge in [-0.05, 0) is 60.7 Å². The van der Waals surface area contributed by atoms with Crippen LogP contribution in [0.5, 0.6) is 0 Å². The normalized spacial score (nSPS) is 11.1. The number of rotatable bonds is 10. The van der Waals surface area contributed by atoms with Gasteiger partial charge in [0.25, 0.3) is 5.91 Å². The van der Waals surface area contributed by atoms with E-state index in [-0.39, 0.29) is 48.0 Å². The summed E-state index contributed by atoms with van der Waals surface area (Å²) in [7, 11) is -8.10. The Bertz CT molecular complexity index is 2100. The smallest absolute Gasteiger partial charge is 0.335 e. The van der Waals surface area contributed by atoms with Gasteiger partial charge in [0.05, 0.1) is 15.6 Å². The van der Waals surface area contributed by atoms with Gasteiger partial charge in [-0.15, -0.1) is 6.58 Å². The Balaban J connectivity index is 0.000000257. The van der Waals surface area contributed by atoms with E-state index in [1.807, 2.05) is 0 Å². The highest BCUT2D eigenvalue weighted by Gasteiger charge is 2.19. The number of hydrogen-bond donors (Lipinski definition) is 4. The second-order valence-electron chi connectivity index (χ2n) is 9.50. The van der Waals surface area contributed by atoms with Crippen molar-refractivity contribution >= 4 is 66.7 Å². The third-order valence-electron chi connectivity index (χ3n) is 6.21. The highest BCUT2D eigenvalue weighted by molar-refractivity contribution is 7.89. The van der Waals surface area contributed by atoms with E-state index in [1.54, 1.807) is 6.08 Å². The van der Waals surface area contributed by atoms with Crippen LogP contribution in [0, 0.1) is 0 Å². The van der Waals surface area contributed by atoms with Crippen molar-refractivity contribution in [1.82, 2.24) is 5.32 Å². The Morgan fingerprint density at radius 2 is 0.979 bits per heavy atom. The average Bonchev–Trinajstić information content (AvgIpc) is 3.02. The highest BCUT2D eigenvalue weighted by atomic mass is 35.5. The standard InChI is InChI=1S/C17H15ClN2O4S.C14H10ClNO5S/c1-2-9-20-17(22)12-5-3-11(4-6-12)16(21)13-7-8-14(18)15(10-13)25(19,23)24;15-11-6-5-10(7-12(11)22(16,20)21)13(17)8-1-3-9(4-2-8)14(18)19/h2-8,10H,1,9H2,(H,20,22)(H2,19,23,24);1-7H,(H,18,19)(H2,16,20,21). The van der Waals surface area contributed by atoms with Crippen LogP contribution in [0.1, 0.15) is 52.6 Å². The number of hydrogen-bond acceptors (Lipinski definition) is 8. The first-order valence-electron chi connectivity index (χ1n) is 13.0. The van der Waals surface area contributed by atoms with Gasteiger partial charge < -0.3 is 10.4 Å². The molecule has 4 aromatic carbocycles. The molecule has 6 N–H and O–H groups in total. The van der Waals surface area contributed by atoms with Gasteiger partial charge >= 0.3 is 5.97 Å². The van der Waals surface area contributed by atoms with Crippen molar-refractivity contribution in [3.8, 4) is 0 Å². The molecular weight excluding hydrogens is 693 g/mol. The number of halogens is 2. The van der Waals surface area contributed by atoms with Crippen molar-refractivity contribution in [3.05, 3.63) is 141 Å². The number of sulfonamides is 2. The van der Waals surface area contributed by atoms with Crippen LogP contribution in [0.2, 0.25) is 10.0 Å². The molecule has 244 valence electrons. The minimum Gasteiger partial charge on any atom is -0.478 e. The molecule has 0 aliphatic carbocycles. The molecule has 0 atom stereocenters. The first-order valence-corrected chi connectivity index (χ1v) is 16.9. The number of carboxylic acids is 1. The van der Waals surface area contributed by atoms with Crippen molar-refractivity contribution in [2.24, 2.45) is 10.3 Å². The molecule has 0 bridgehead atoms. The quantitative estimate of drug-likeness (QED) is 0.137. The van der Waals surface area contributed by atoms with Crippen LogP contribution in [0.25, 0.3) is 0 Å². The van der Waals surface area contributed by atoms with Gasteiger partial charge in [-0.25, -0.2) is 31.9 Å². The summed E-state index contributed by atoms with van der Waals surface area (Å²) in [5.74, 6) is -2.29. The molecule has 0 aliphatic heterocycles. The maximum absolute atomic E-state index is 12.5. The Labute approximate surface area is 279 Å². The third kappa shape index (κ3) is 9.65. The summed E-state index contributed by atoms with van der Waals surface area (Å²) in [6, 6.07) is 18.8. The number of carbonyl (C=O) groups is 4. The molecule has 0 saturated carbocycles. The number of carboxylic acid groups (broad SMARTS) is 1. The topological polar surface area (TPSA) is 221 Å². The summed E-state index contributed by atoms with van der Waals surface area (Å²) in [5, 5.41) is 21.4. The van der Waals surface area contributed by atoms with Gasteiger partial charge in [0, 0.05) is 34.4 Å². The summed E-state index contributed by atoms with van der Waals surface area (Å²) >= 11 is 11.6. The maximum atomic E-state index is 12.5. The van der Waals surface area contributed by atoms with Crippen LogP contribution in [0.15, 0.2) is 107 Å². The monoisotopic (exact) mass is 717 g/mol. The Kier molecular flexibility index (Phi) is 11.9. The van der Waals surface area contributed by atoms with Crippen molar-refractivity contribution in [1.29, 1.82) is 0 Å². The largest absolute Gasteiger partial charge is 0.478 e. The number of ketones is 2. The molecule has 47 heavy (non-hydrogen) atoms. The summed E-state index contributed by atoms with van der Waals surface area (Å²) < 4.78 is 45.8. The molecular formula is C31H25Cl2N3O9S2. The number of aromatic carboxylic acids is 1. The molecule has 16 heteroatoms. The summed E-state index contributed by atoms with van der Waals surface area (Å²) in [6.45, 7) is 3.84. The van der Waals surface area contributed by atoms with Crippen LogP contribution >= 0.6 is 23.2 Å². The zero-order valence-electron chi connectivity index (χ0n) is 24.0. The summed E-state index contributed by atoms with van der Waals surface area (Å²) in [5.41, 5.74) is 1.14. The van der Waals surface area contributed by atoms with Gasteiger partial charge in [-0.3, -0.25) is 14.4 Å². The fourth-order valence-corrected chi connectivity index (χ4v) is 6.01. The van der Waals surface area contributed by atoms with E-state index >= 15 is 0 Å². The maximum Gasteiger partial charge on any atom is 0.335 e. The summed E-state index contributed by atoms with van der Waals surface area (Å²) in [4.78, 5) is 46.7. The lowest BCUT2D eigenvalue weighted by atomic mass is 10.0. The number of nitrogens with one attached hydrogen (secondary N) is 1. The second kappa shape index (κ2) is 15.3. The van der Waals surface area contributed by atoms with Gasteiger partial charge in [0.1, 0.15) is 9.79 Å². The van der Waals surface area contributed by atoms with Gasteiger partial charge in [0.2, 0.25) is 20.0 Å². The van der Waals surface area contributed by atoms with E-state index in [0.29, 0.717) is 17.7 Å². The van der Waals surface area contributed by atoms with E-state index in [2.05, 4.69) is 11.9 Å². The fourth-order valence-electron chi connectivity index (χ4n) is 3.86. The van der Waals surface area contributed by atoms with E-state index in [1.165, 1.54) is 72.8 Å². The zero-order chi connectivity index (χ0) is 35.1. The van der Waals surface area contributed by atoms with E-state index < -0.39 is 37.6 Å². The number of nitrogens with two attached hydrogens (primary N) is 2. The first kappa shape index (κ1) is 36.8. The molecule has 0 spiro atoms. The predicted molar refractivity (Wildman–Crippen MR) is 175 cm³/mol. The van der Waals surface area contributed by atoms with E-state index in [0.717, 1.165) is 12.1 Å². The number of benzene rings is 4. The number of amides is 1. The van der Waals surface area contributed by atoms with Crippen molar-refractivity contribution in [2.45, 2.75) is 9.79 Å². The molecule has 0 fully saturated rings. The van der Waals surface area contributed by atoms with Crippen LogP contribution < -0.4 is 15.6 Å².